The summed E-state index contributed by atoms with van der Waals surface area (Å²) in [4.78, 5) is 85.3. The van der Waals surface area contributed by atoms with Gasteiger partial charge in [0.05, 0.1) is 17.2 Å². The first-order valence-electron chi connectivity index (χ1n) is 22.9. The highest BCUT2D eigenvalue weighted by molar-refractivity contribution is 8.00. The fourth-order valence-electron chi connectivity index (χ4n) is 8.56. The molecule has 0 unspecified atom stereocenters. The zero-order chi connectivity index (χ0) is 49.7. The molecule has 0 fully saturated rings. The van der Waals surface area contributed by atoms with Crippen LogP contribution in [0.25, 0.3) is 0 Å². The van der Waals surface area contributed by atoms with Crippen LogP contribution in [-0.2, 0) is 53.0 Å². The maximum Gasteiger partial charge on any atom is 0.410 e. The van der Waals surface area contributed by atoms with E-state index in [9.17, 15) is 29.1 Å². The molecule has 5 N–H and O–H groups in total. The lowest BCUT2D eigenvalue weighted by molar-refractivity contribution is -0.149. The van der Waals surface area contributed by atoms with Gasteiger partial charge < -0.3 is 35.8 Å². The largest absolute Gasteiger partial charge is 0.480 e. The first-order valence-corrected chi connectivity index (χ1v) is 23.9. The number of nitrogens with zero attached hydrogens (tertiary/aromatic N) is 2. The number of ether oxygens (including phenoxy) is 2. The Bertz CT molecular complexity index is 2440. The third kappa shape index (κ3) is 13.3. The first-order chi connectivity index (χ1) is 33.0. The number of carboxylic acid groups (broad SMARTS) is 1. The number of thioether (sulfide) groups is 1. The molecule has 0 aliphatic carbocycles. The Morgan fingerprint density at radius 3 is 1.75 bits per heavy atom. The standard InChI is InChI=1S/C54H61N5O9S/c1-36(2)47(49(62)58-32-39-23-19-18-22-38(39)30-45(58)48(61)57-44(50(63)64)31-46(55)60)59(52(66)67-34-37-20-10-6-11-21-37)33-43(56-51(65)68-53(3,4)5)35-69-54(40-24-12-7-13-25-40,41-26-14-8-15-27-41)42-28-16-9-17-29-42/h6-29,36,43-45,47H,30-35H2,1-5H3,(H2,55,60)(H,56,65)(H,57,61)(H,63,64)/t43-,44+,45+,47+/m1/s1. The van der Waals surface area contributed by atoms with Gasteiger partial charge in [0.15, 0.2) is 0 Å². The van der Waals surface area contributed by atoms with Gasteiger partial charge in [-0.05, 0) is 60.1 Å². The Kier molecular flexibility index (Phi) is 17.3. The number of rotatable bonds is 19. The van der Waals surface area contributed by atoms with Crippen LogP contribution < -0.4 is 16.4 Å². The molecule has 1 aliphatic heterocycles. The number of fused-ring (bicyclic) bond motifs is 1. The van der Waals surface area contributed by atoms with Crippen molar-refractivity contribution in [2.45, 2.75) is 95.1 Å². The normalized spacial score (nSPS) is 14.9. The number of carboxylic acids is 1. The molecule has 1 aliphatic rings. The summed E-state index contributed by atoms with van der Waals surface area (Å²) < 4.78 is 11.0. The van der Waals surface area contributed by atoms with Gasteiger partial charge in [-0.15, -0.1) is 11.8 Å². The smallest absolute Gasteiger partial charge is 0.410 e. The van der Waals surface area contributed by atoms with E-state index in [2.05, 4.69) is 47.0 Å². The second kappa shape index (κ2) is 23.3. The van der Waals surface area contributed by atoms with Gasteiger partial charge in [-0.25, -0.2) is 14.4 Å². The Labute approximate surface area is 407 Å². The molecule has 5 aromatic carbocycles. The van der Waals surface area contributed by atoms with Crippen molar-refractivity contribution in [3.05, 3.63) is 179 Å². The minimum atomic E-state index is -1.65. The molecular weight excluding hydrogens is 895 g/mol. The highest BCUT2D eigenvalue weighted by Gasteiger charge is 2.45. The zero-order valence-corrected chi connectivity index (χ0v) is 40.4. The van der Waals surface area contributed by atoms with E-state index in [4.69, 9.17) is 15.2 Å². The van der Waals surface area contributed by atoms with Crippen molar-refractivity contribution >= 4 is 47.6 Å². The summed E-state index contributed by atoms with van der Waals surface area (Å²) in [5.41, 5.74) is 9.58. The van der Waals surface area contributed by atoms with Crippen molar-refractivity contribution in [1.29, 1.82) is 0 Å². The van der Waals surface area contributed by atoms with Gasteiger partial charge in [0.2, 0.25) is 17.7 Å². The summed E-state index contributed by atoms with van der Waals surface area (Å²) in [6.45, 7) is 8.36. The third-order valence-electron chi connectivity index (χ3n) is 11.7. The molecule has 15 heteroatoms. The number of hydrogen-bond donors (Lipinski definition) is 4. The molecule has 0 radical (unpaired) electrons. The number of aliphatic carboxylic acids is 1. The van der Waals surface area contributed by atoms with Crippen molar-refractivity contribution in [2.75, 3.05) is 12.3 Å². The predicted octanol–water partition coefficient (Wildman–Crippen LogP) is 7.67. The molecule has 4 atom stereocenters. The molecule has 0 bridgehead atoms. The number of nitrogens with two attached hydrogens (primary N) is 1. The average Bonchev–Trinajstić information content (AvgIpc) is 3.32. The Balaban J connectivity index is 1.45. The van der Waals surface area contributed by atoms with E-state index >= 15 is 4.79 Å². The number of carbonyl (C=O) groups is 6. The fraction of sp³-hybridized carbons (Fsp3) is 0.333. The average molecular weight is 956 g/mol. The van der Waals surface area contributed by atoms with E-state index in [0.717, 1.165) is 27.8 Å². The van der Waals surface area contributed by atoms with Crippen molar-refractivity contribution in [3.8, 4) is 0 Å². The van der Waals surface area contributed by atoms with E-state index in [1.165, 1.54) is 9.80 Å². The van der Waals surface area contributed by atoms with E-state index in [-0.39, 0.29) is 31.9 Å². The lowest BCUT2D eigenvalue weighted by Gasteiger charge is -2.42. The number of benzene rings is 5. The number of alkyl carbamates (subject to hydrolysis) is 1. The molecule has 362 valence electrons. The quantitative estimate of drug-likeness (QED) is 0.0596. The molecule has 0 saturated heterocycles. The summed E-state index contributed by atoms with van der Waals surface area (Å²) in [7, 11) is 0. The van der Waals surface area contributed by atoms with Crippen LogP contribution in [0.5, 0.6) is 0 Å². The van der Waals surface area contributed by atoms with Crippen molar-refractivity contribution in [1.82, 2.24) is 20.4 Å². The number of hydrogen-bond acceptors (Lipinski definition) is 9. The van der Waals surface area contributed by atoms with Crippen molar-refractivity contribution < 1.29 is 43.3 Å². The number of amides is 5. The summed E-state index contributed by atoms with van der Waals surface area (Å²) in [5, 5.41) is 15.4. The second-order valence-corrected chi connectivity index (χ2v) is 19.6. The number of primary amides is 1. The van der Waals surface area contributed by atoms with Gasteiger partial charge in [-0.1, -0.05) is 159 Å². The molecule has 0 aromatic heterocycles. The second-order valence-electron chi connectivity index (χ2n) is 18.3. The minimum Gasteiger partial charge on any atom is -0.480 e. The molecule has 69 heavy (non-hydrogen) atoms. The summed E-state index contributed by atoms with van der Waals surface area (Å²) in [5.74, 6) is -4.26. The van der Waals surface area contributed by atoms with Crippen LogP contribution in [0.2, 0.25) is 0 Å². The molecule has 0 saturated carbocycles. The summed E-state index contributed by atoms with van der Waals surface area (Å²) in [6.07, 6.45) is -2.24. The van der Waals surface area contributed by atoms with Crippen LogP contribution in [0.1, 0.15) is 74.4 Å². The van der Waals surface area contributed by atoms with Crippen LogP contribution in [0.3, 0.4) is 0 Å². The van der Waals surface area contributed by atoms with Crippen molar-refractivity contribution in [3.63, 3.8) is 0 Å². The number of nitrogens with one attached hydrogen (secondary N) is 2. The van der Waals surface area contributed by atoms with Crippen LogP contribution in [0, 0.1) is 5.92 Å². The van der Waals surface area contributed by atoms with Gasteiger partial charge in [0.1, 0.15) is 30.3 Å². The molecule has 5 amide bonds. The lowest BCUT2D eigenvalue weighted by Crippen LogP contribution is -2.62. The Morgan fingerprint density at radius 1 is 0.754 bits per heavy atom. The summed E-state index contributed by atoms with van der Waals surface area (Å²) >= 11 is 1.55. The highest BCUT2D eigenvalue weighted by Crippen LogP contribution is 2.48. The van der Waals surface area contributed by atoms with E-state index < -0.39 is 82.7 Å². The molecular formula is C54H61N5O9S. The molecule has 0 spiro atoms. The van der Waals surface area contributed by atoms with E-state index in [1.54, 1.807) is 64.6 Å². The Hall–Kier alpha value is -7.13. The molecule has 1 heterocycles. The van der Waals surface area contributed by atoms with Gasteiger partial charge in [0, 0.05) is 25.3 Å². The maximum atomic E-state index is 15.5. The van der Waals surface area contributed by atoms with Crippen LogP contribution in [0.15, 0.2) is 146 Å². The molecule has 5 aromatic rings. The number of carbonyl (C=O) groups excluding carboxylic acids is 5. The van der Waals surface area contributed by atoms with Gasteiger partial charge in [-0.2, -0.15) is 0 Å². The van der Waals surface area contributed by atoms with Crippen LogP contribution >= 0.6 is 11.8 Å². The Morgan fingerprint density at radius 2 is 1.26 bits per heavy atom. The molecule has 14 nitrogen and oxygen atoms in total. The first kappa shape index (κ1) is 51.3. The zero-order valence-electron chi connectivity index (χ0n) is 39.6. The van der Waals surface area contributed by atoms with Gasteiger partial charge >= 0.3 is 18.2 Å². The van der Waals surface area contributed by atoms with E-state index in [0.29, 0.717) is 5.56 Å². The van der Waals surface area contributed by atoms with E-state index in [1.807, 2.05) is 91.0 Å². The highest BCUT2D eigenvalue weighted by atomic mass is 32.2. The fourth-order valence-corrected chi connectivity index (χ4v) is 10.1. The topological polar surface area (TPSA) is 198 Å². The van der Waals surface area contributed by atoms with Crippen LogP contribution in [0.4, 0.5) is 9.59 Å². The van der Waals surface area contributed by atoms with Gasteiger partial charge in [-0.3, -0.25) is 19.3 Å². The minimum absolute atomic E-state index is 0.0138. The maximum absolute atomic E-state index is 15.5. The predicted molar refractivity (Wildman–Crippen MR) is 265 cm³/mol. The SMILES string of the molecule is CC(C)[C@@H](C(=O)N1Cc2ccccc2C[C@H]1C(=O)N[C@@H](CC(N)=O)C(=O)O)N(C[C@H](CSC(c1ccccc1)(c1ccccc1)c1ccccc1)NC(=O)OC(C)(C)C)C(=O)OCc1ccccc1. The van der Waals surface area contributed by atoms with Crippen LogP contribution in [-0.4, -0.2) is 92.8 Å². The van der Waals surface area contributed by atoms with Gasteiger partial charge in [0.25, 0.3) is 0 Å². The lowest BCUT2D eigenvalue weighted by atomic mass is 9.84. The molecule has 6 rings (SSSR count). The van der Waals surface area contributed by atoms with Crippen molar-refractivity contribution in [2.24, 2.45) is 11.7 Å². The summed E-state index contributed by atoms with van der Waals surface area (Å²) in [6, 6.07) is 41.3. The third-order valence-corrected chi connectivity index (χ3v) is 13.4. The monoisotopic (exact) mass is 955 g/mol.